The number of carbonyl (C=O) groups is 6. The van der Waals surface area contributed by atoms with Gasteiger partial charge in [-0.15, -0.1) is 141 Å². The summed E-state index contributed by atoms with van der Waals surface area (Å²) < 4.78 is 30.1. The third kappa shape index (κ3) is 11.2. The van der Waals surface area contributed by atoms with Gasteiger partial charge in [0.2, 0.25) is 20.4 Å². The van der Waals surface area contributed by atoms with Crippen LogP contribution in [-0.4, -0.2) is 80.7 Å². The maximum atomic E-state index is 14.7. The van der Waals surface area contributed by atoms with Gasteiger partial charge in [-0.05, 0) is 99.8 Å². The second-order valence-electron chi connectivity index (χ2n) is 19.9. The Morgan fingerprint density at radius 2 is 0.466 bits per heavy atom. The molecular weight excluding hydrogens is 1170 g/mol. The van der Waals surface area contributed by atoms with Crippen LogP contribution in [-0.2, 0) is 42.8 Å². The smallest absolute Gasteiger partial charge is 0.343 e. The minimum atomic E-state index is -0.588. The molecule has 0 fully saturated rings. The van der Waals surface area contributed by atoms with Crippen molar-refractivity contribution in [2.45, 2.75) is 193 Å². The number of rotatable bonds is 12. The summed E-state index contributed by atoms with van der Waals surface area (Å²) in [6.07, 6.45) is 0. The molecule has 0 N–H and O–H groups in total. The van der Waals surface area contributed by atoms with Gasteiger partial charge in [0.25, 0.3) is 0 Å². The average molecular weight is 1220 g/mol. The molecule has 0 aliphatic carbocycles. The molecule has 6 heterocycles. The monoisotopic (exact) mass is 1220 g/mol. The van der Waals surface area contributed by atoms with E-state index in [0.29, 0.717) is 16.7 Å². The summed E-state index contributed by atoms with van der Waals surface area (Å²) in [7, 11) is 0. The molecule has 0 aromatic heterocycles. The van der Waals surface area contributed by atoms with Crippen LogP contribution in [0.3, 0.4) is 0 Å². The SMILES string of the molecule is CC(=O)OCOC(=O)c1c2c(c(C(c3c4c(c(C(=O)OCOC(C)=O)c5c3SC(C)(C)S5)SC(C)(C)S4)c3c4c(c(C(=O)OCOC(C)=O)c5c3SC(C)(C)S5)SC(C)(C)S4)c3c1SC(C)(C)S3)SC(C)(C)S2. The van der Waals surface area contributed by atoms with Gasteiger partial charge in [-0.25, -0.2) is 14.4 Å². The van der Waals surface area contributed by atoms with Gasteiger partial charge >= 0.3 is 35.8 Å². The minimum Gasteiger partial charge on any atom is -0.428 e. The summed E-state index contributed by atoms with van der Waals surface area (Å²) in [5.41, 5.74) is 4.36. The van der Waals surface area contributed by atoms with E-state index in [2.05, 4.69) is 83.1 Å². The van der Waals surface area contributed by atoms with E-state index in [9.17, 15) is 28.8 Å². The van der Waals surface area contributed by atoms with E-state index in [1.54, 1.807) is 141 Å². The summed E-state index contributed by atoms with van der Waals surface area (Å²) in [4.78, 5) is 90.0. The molecule has 392 valence electrons. The molecule has 0 radical (unpaired) electrons. The Balaban J connectivity index is 1.45. The molecular formula is C49H52O12S12. The Labute approximate surface area is 476 Å². The van der Waals surface area contributed by atoms with Crippen LogP contribution in [0.25, 0.3) is 0 Å². The highest BCUT2D eigenvalue weighted by molar-refractivity contribution is 8.23. The largest absolute Gasteiger partial charge is 0.428 e. The molecule has 73 heavy (non-hydrogen) atoms. The van der Waals surface area contributed by atoms with Crippen LogP contribution < -0.4 is 0 Å². The maximum absolute atomic E-state index is 14.7. The van der Waals surface area contributed by atoms with Crippen molar-refractivity contribution < 1.29 is 57.2 Å². The lowest BCUT2D eigenvalue weighted by molar-refractivity contribution is -0.150. The first-order valence-electron chi connectivity index (χ1n) is 22.7. The molecule has 3 aromatic carbocycles. The third-order valence-corrected chi connectivity index (χ3v) is 28.2. The van der Waals surface area contributed by atoms with Crippen molar-refractivity contribution in [3.05, 3.63) is 33.4 Å². The lowest BCUT2D eigenvalue weighted by atomic mass is 9.83. The Morgan fingerprint density at radius 1 is 0.301 bits per heavy atom. The van der Waals surface area contributed by atoms with E-state index in [0.717, 1.165) is 75.4 Å². The second-order valence-corrected chi connectivity index (χ2v) is 41.1. The van der Waals surface area contributed by atoms with E-state index < -0.39 is 86.6 Å². The zero-order valence-corrected chi connectivity index (χ0v) is 52.3. The van der Waals surface area contributed by atoms with E-state index in [1.807, 2.05) is 0 Å². The summed E-state index contributed by atoms with van der Waals surface area (Å²) in [6, 6.07) is 0. The molecule has 0 spiro atoms. The lowest BCUT2D eigenvalue weighted by Crippen LogP contribution is -2.18. The van der Waals surface area contributed by atoms with Crippen LogP contribution in [0.1, 0.15) is 158 Å². The lowest BCUT2D eigenvalue weighted by Gasteiger charge is -2.32. The Kier molecular flexibility index (Phi) is 15.5. The van der Waals surface area contributed by atoms with Crippen molar-refractivity contribution in [2.75, 3.05) is 20.4 Å². The molecule has 6 aliphatic heterocycles. The molecule has 3 aromatic rings. The molecule has 0 amide bonds. The van der Waals surface area contributed by atoms with Crippen molar-refractivity contribution in [1.29, 1.82) is 0 Å². The van der Waals surface area contributed by atoms with Gasteiger partial charge in [-0.2, -0.15) is 0 Å². The predicted octanol–water partition coefficient (Wildman–Crippen LogP) is 15.5. The van der Waals surface area contributed by atoms with E-state index in [1.165, 1.54) is 20.8 Å². The first-order valence-corrected chi connectivity index (χ1v) is 32.5. The highest BCUT2D eigenvalue weighted by Gasteiger charge is 2.54. The van der Waals surface area contributed by atoms with Crippen LogP contribution in [0.15, 0.2) is 58.7 Å². The Bertz CT molecular complexity index is 2530. The molecule has 0 unspecified atom stereocenters. The molecule has 0 saturated heterocycles. The summed E-state index contributed by atoms with van der Waals surface area (Å²) in [6.45, 7) is 28.0. The highest BCUT2D eigenvalue weighted by Crippen LogP contribution is 2.75. The summed E-state index contributed by atoms with van der Waals surface area (Å²) in [5.74, 6) is -4.04. The number of thioether (sulfide) groups is 12. The van der Waals surface area contributed by atoms with Crippen LogP contribution in [0.5, 0.6) is 0 Å². The zero-order chi connectivity index (χ0) is 53.3. The number of carbonyl (C=O) groups excluding carboxylic acids is 6. The normalized spacial score (nSPS) is 20.1. The number of hydrogen-bond acceptors (Lipinski definition) is 24. The van der Waals surface area contributed by atoms with Gasteiger partial charge in [-0.3, -0.25) is 14.4 Å². The highest BCUT2D eigenvalue weighted by atomic mass is 32.2. The van der Waals surface area contributed by atoms with Gasteiger partial charge in [0.05, 0.1) is 41.2 Å². The number of fused-ring (bicyclic) bond motifs is 6. The van der Waals surface area contributed by atoms with Gasteiger partial charge < -0.3 is 28.4 Å². The molecule has 6 aliphatic rings. The minimum absolute atomic E-state index is 0.433. The van der Waals surface area contributed by atoms with E-state index >= 15 is 0 Å². The standard InChI is InChI=1S/C49H52O12S12/c1-19(50)56-16-59-41(53)26-35-29(62-44(4,5)68-35)23(30-36(26)69-45(6,7)63-30)22(24-31-37(70-46(8,9)64-31)27(42(54)60-17-57-20(2)51)38-32(24)65-47(10,11)71-38)25-33-39(72-48(12,13)66-33)28(43(55)61-18-58-21(3)52)40-34(25)67-49(14,15)73-40/h22H,16-18H2,1-15H3. The second kappa shape index (κ2) is 20.1. The van der Waals surface area contributed by atoms with Crippen LogP contribution in [0.2, 0.25) is 0 Å². The predicted molar refractivity (Wildman–Crippen MR) is 301 cm³/mol. The van der Waals surface area contributed by atoms with Crippen molar-refractivity contribution >= 4 is 177 Å². The number of esters is 6. The van der Waals surface area contributed by atoms with Crippen molar-refractivity contribution in [3.63, 3.8) is 0 Å². The topological polar surface area (TPSA) is 158 Å². The molecule has 9 rings (SSSR count). The number of benzene rings is 3. The molecule has 24 heteroatoms. The molecule has 0 atom stereocenters. The quantitative estimate of drug-likeness (QED) is 0.0729. The molecule has 12 nitrogen and oxygen atoms in total. The summed E-state index contributed by atoms with van der Waals surface area (Å²) in [5, 5.41) is 0. The van der Waals surface area contributed by atoms with E-state index in [4.69, 9.17) is 28.4 Å². The fraction of sp³-hybridized carbons (Fsp3) is 0.510. The first-order chi connectivity index (χ1) is 33.8. The van der Waals surface area contributed by atoms with Crippen LogP contribution in [0, 0.1) is 0 Å². The molecule has 0 saturated carbocycles. The van der Waals surface area contributed by atoms with Gasteiger partial charge in [0.15, 0.2) is 0 Å². The summed E-state index contributed by atoms with van der Waals surface area (Å²) >= 11 is 19.9. The van der Waals surface area contributed by atoms with E-state index in [-0.39, 0.29) is 0 Å². The fourth-order valence-corrected chi connectivity index (χ4v) is 26.7. The van der Waals surface area contributed by atoms with Gasteiger partial charge in [0.1, 0.15) is 0 Å². The maximum Gasteiger partial charge on any atom is 0.343 e. The van der Waals surface area contributed by atoms with Crippen LogP contribution >= 0.6 is 141 Å². The average Bonchev–Trinajstić information content (AvgIpc) is 4.05. The Hall–Kier alpha value is -1.32. The Morgan fingerprint density at radius 3 is 0.630 bits per heavy atom. The van der Waals surface area contributed by atoms with Gasteiger partial charge in [-0.1, -0.05) is 0 Å². The van der Waals surface area contributed by atoms with Crippen molar-refractivity contribution in [1.82, 2.24) is 0 Å². The fourth-order valence-electron chi connectivity index (χ4n) is 8.79. The van der Waals surface area contributed by atoms with Crippen LogP contribution in [0.4, 0.5) is 0 Å². The first kappa shape index (κ1) is 56.4. The number of ether oxygens (including phenoxy) is 6. The third-order valence-electron chi connectivity index (χ3n) is 11.1. The van der Waals surface area contributed by atoms with Crippen molar-refractivity contribution in [3.8, 4) is 0 Å². The van der Waals surface area contributed by atoms with Crippen molar-refractivity contribution in [2.24, 2.45) is 0 Å². The molecule has 0 bridgehead atoms. The number of hydrogen-bond donors (Lipinski definition) is 0. The zero-order valence-electron chi connectivity index (χ0n) is 42.5. The van der Waals surface area contributed by atoms with Gasteiger partial charge in [0, 0.05) is 85.4 Å².